The number of hydrogen-bond donors (Lipinski definition) is 3. The van der Waals surface area contributed by atoms with E-state index in [1.807, 2.05) is 0 Å². The number of hydrogen-bond acceptors (Lipinski definition) is 6. The second-order valence-corrected chi connectivity index (χ2v) is 3.30. The molecule has 0 amide bonds. The molecule has 7 nitrogen and oxygen atoms in total. The van der Waals surface area contributed by atoms with Crippen LogP contribution in [0.15, 0.2) is 12.1 Å². The van der Waals surface area contributed by atoms with E-state index < -0.39 is 11.0 Å². The van der Waals surface area contributed by atoms with Gasteiger partial charge in [0.15, 0.2) is 0 Å². The van der Waals surface area contributed by atoms with E-state index in [2.05, 4.69) is 15.6 Å². The Morgan fingerprint density at radius 2 is 2.31 bits per heavy atom. The first-order valence-corrected chi connectivity index (χ1v) is 4.79. The van der Waals surface area contributed by atoms with Crippen molar-refractivity contribution < 1.29 is 10.0 Å². The number of pyridine rings is 1. The van der Waals surface area contributed by atoms with Gasteiger partial charge in [0.05, 0.1) is 11.0 Å². The number of rotatable bonds is 5. The van der Waals surface area contributed by atoms with Gasteiger partial charge in [0, 0.05) is 19.7 Å². The molecule has 1 unspecified atom stereocenters. The average Bonchev–Trinajstić information content (AvgIpc) is 2.25. The van der Waals surface area contributed by atoms with Crippen LogP contribution in [0.5, 0.6) is 0 Å². The van der Waals surface area contributed by atoms with Gasteiger partial charge in [-0.25, -0.2) is 4.98 Å². The highest BCUT2D eigenvalue weighted by atomic mass is 16.6. The second kappa shape index (κ2) is 5.26. The summed E-state index contributed by atoms with van der Waals surface area (Å²) in [5, 5.41) is 25.3. The van der Waals surface area contributed by atoms with Crippen LogP contribution in [-0.2, 0) is 0 Å². The zero-order valence-corrected chi connectivity index (χ0v) is 9.10. The van der Waals surface area contributed by atoms with Crippen LogP contribution >= 0.6 is 0 Å². The lowest BCUT2D eigenvalue weighted by molar-refractivity contribution is -0.384. The summed E-state index contributed by atoms with van der Waals surface area (Å²) < 4.78 is 0. The van der Waals surface area contributed by atoms with E-state index in [-0.39, 0.29) is 18.1 Å². The zero-order chi connectivity index (χ0) is 12.1. The maximum atomic E-state index is 10.7. The summed E-state index contributed by atoms with van der Waals surface area (Å²) >= 11 is 0. The van der Waals surface area contributed by atoms with Crippen molar-refractivity contribution in [3.05, 3.63) is 22.2 Å². The van der Waals surface area contributed by atoms with Crippen molar-refractivity contribution in [1.82, 2.24) is 4.98 Å². The van der Waals surface area contributed by atoms with Gasteiger partial charge >= 0.3 is 5.69 Å². The van der Waals surface area contributed by atoms with Crippen LogP contribution < -0.4 is 10.6 Å². The number of aliphatic hydroxyl groups is 1. The highest BCUT2D eigenvalue weighted by molar-refractivity contribution is 5.60. The Balaban J connectivity index is 2.96. The molecule has 1 rings (SSSR count). The summed E-state index contributed by atoms with van der Waals surface area (Å²) in [6.45, 7) is 1.79. The summed E-state index contributed by atoms with van der Waals surface area (Å²) in [7, 11) is 1.67. The molecule has 0 radical (unpaired) electrons. The molecule has 0 bridgehead atoms. The van der Waals surface area contributed by atoms with E-state index in [1.54, 1.807) is 14.0 Å². The molecule has 0 aliphatic rings. The van der Waals surface area contributed by atoms with Crippen molar-refractivity contribution in [3.8, 4) is 0 Å². The van der Waals surface area contributed by atoms with E-state index in [0.717, 1.165) is 0 Å². The highest BCUT2D eigenvalue weighted by Gasteiger charge is 2.15. The Hall–Kier alpha value is -1.89. The number of nitro groups is 1. The van der Waals surface area contributed by atoms with Crippen LogP contribution in [0.2, 0.25) is 0 Å². The minimum atomic E-state index is -0.598. The summed E-state index contributed by atoms with van der Waals surface area (Å²) in [5.41, 5.74) is -0.111. The Labute approximate surface area is 92.7 Å². The lowest BCUT2D eigenvalue weighted by Gasteiger charge is -2.09. The molecule has 1 atom stereocenters. The molecule has 1 heterocycles. The third-order valence-corrected chi connectivity index (χ3v) is 1.89. The molecule has 88 valence electrons. The van der Waals surface area contributed by atoms with Crippen molar-refractivity contribution in [2.24, 2.45) is 0 Å². The SMILES string of the molecule is CNc1ccc([N+](=O)[O-])c(NCC(C)O)n1. The van der Waals surface area contributed by atoms with E-state index in [4.69, 9.17) is 5.11 Å². The van der Waals surface area contributed by atoms with Crippen LogP contribution in [0, 0.1) is 10.1 Å². The Bertz CT molecular complexity index is 381. The monoisotopic (exact) mass is 226 g/mol. The maximum absolute atomic E-state index is 10.7. The van der Waals surface area contributed by atoms with Gasteiger partial charge in [0.25, 0.3) is 0 Å². The highest BCUT2D eigenvalue weighted by Crippen LogP contribution is 2.23. The Morgan fingerprint density at radius 1 is 1.62 bits per heavy atom. The third kappa shape index (κ3) is 3.06. The van der Waals surface area contributed by atoms with Crippen LogP contribution in [0.4, 0.5) is 17.3 Å². The summed E-state index contributed by atoms with van der Waals surface area (Å²) in [4.78, 5) is 14.2. The first-order chi connectivity index (χ1) is 7.54. The molecular formula is C9H14N4O3. The van der Waals surface area contributed by atoms with Gasteiger partial charge in [0.1, 0.15) is 5.82 Å². The molecular weight excluding hydrogens is 212 g/mol. The molecule has 0 saturated heterocycles. The number of aliphatic hydroxyl groups excluding tert-OH is 1. The zero-order valence-electron chi connectivity index (χ0n) is 9.10. The van der Waals surface area contributed by atoms with Crippen LogP contribution in [-0.4, -0.2) is 34.7 Å². The fraction of sp³-hybridized carbons (Fsp3) is 0.444. The molecule has 1 aromatic rings. The first-order valence-electron chi connectivity index (χ1n) is 4.79. The van der Waals surface area contributed by atoms with Crippen molar-refractivity contribution in [2.45, 2.75) is 13.0 Å². The molecule has 0 fully saturated rings. The first kappa shape index (κ1) is 12.2. The minimum absolute atomic E-state index is 0.111. The van der Waals surface area contributed by atoms with E-state index in [9.17, 15) is 10.1 Å². The summed E-state index contributed by atoms with van der Waals surface area (Å²) in [6, 6.07) is 2.88. The van der Waals surface area contributed by atoms with Crippen LogP contribution in [0.3, 0.4) is 0 Å². The lowest BCUT2D eigenvalue weighted by Crippen LogP contribution is -2.17. The Kier molecular flexibility index (Phi) is 4.01. The molecule has 3 N–H and O–H groups in total. The maximum Gasteiger partial charge on any atom is 0.311 e. The van der Waals surface area contributed by atoms with Crippen molar-refractivity contribution in [1.29, 1.82) is 0 Å². The molecule has 0 aliphatic heterocycles. The smallest absolute Gasteiger partial charge is 0.311 e. The van der Waals surface area contributed by atoms with Gasteiger partial charge in [-0.3, -0.25) is 10.1 Å². The van der Waals surface area contributed by atoms with Crippen molar-refractivity contribution >= 4 is 17.3 Å². The molecule has 1 aromatic heterocycles. The normalized spacial score (nSPS) is 11.9. The molecule has 7 heteroatoms. The number of anilines is 2. The molecule has 0 saturated carbocycles. The topological polar surface area (TPSA) is 100 Å². The van der Waals surface area contributed by atoms with Crippen LogP contribution in [0.1, 0.15) is 6.92 Å². The van der Waals surface area contributed by atoms with Crippen molar-refractivity contribution in [3.63, 3.8) is 0 Å². The third-order valence-electron chi connectivity index (χ3n) is 1.89. The molecule has 0 spiro atoms. The van der Waals surface area contributed by atoms with Gasteiger partial charge in [-0.2, -0.15) is 0 Å². The van der Waals surface area contributed by atoms with Crippen LogP contribution in [0.25, 0.3) is 0 Å². The largest absolute Gasteiger partial charge is 0.392 e. The molecule has 0 aromatic carbocycles. The van der Waals surface area contributed by atoms with E-state index in [1.165, 1.54) is 12.1 Å². The number of nitrogens with zero attached hydrogens (tertiary/aromatic N) is 2. The number of aromatic nitrogens is 1. The second-order valence-electron chi connectivity index (χ2n) is 3.30. The molecule has 16 heavy (non-hydrogen) atoms. The summed E-state index contributed by atoms with van der Waals surface area (Å²) in [6.07, 6.45) is -0.598. The fourth-order valence-corrected chi connectivity index (χ4v) is 1.11. The van der Waals surface area contributed by atoms with Gasteiger partial charge in [-0.1, -0.05) is 0 Å². The fourth-order valence-electron chi connectivity index (χ4n) is 1.11. The molecule has 0 aliphatic carbocycles. The summed E-state index contributed by atoms with van der Waals surface area (Å²) in [5.74, 6) is 0.677. The predicted molar refractivity (Wildman–Crippen MR) is 60.6 cm³/mol. The average molecular weight is 226 g/mol. The number of nitrogens with one attached hydrogen (secondary N) is 2. The van der Waals surface area contributed by atoms with E-state index >= 15 is 0 Å². The lowest BCUT2D eigenvalue weighted by atomic mass is 10.3. The minimum Gasteiger partial charge on any atom is -0.392 e. The predicted octanol–water partition coefficient (Wildman–Crippen LogP) is 0.824. The Morgan fingerprint density at radius 3 is 2.81 bits per heavy atom. The van der Waals surface area contributed by atoms with Gasteiger partial charge in [-0.05, 0) is 13.0 Å². The van der Waals surface area contributed by atoms with Gasteiger partial charge in [-0.15, -0.1) is 0 Å². The van der Waals surface area contributed by atoms with Gasteiger partial charge in [0.2, 0.25) is 5.82 Å². The van der Waals surface area contributed by atoms with Gasteiger partial charge < -0.3 is 15.7 Å². The standard InChI is InChI=1S/C9H14N4O3/c1-6(14)5-11-9-7(13(15)16)3-4-8(10-2)12-9/h3-4,6,14H,5H2,1-2H3,(H2,10,11,12). The quantitative estimate of drug-likeness (QED) is 0.507. The van der Waals surface area contributed by atoms with E-state index in [0.29, 0.717) is 5.82 Å². The van der Waals surface area contributed by atoms with Crippen molar-refractivity contribution in [2.75, 3.05) is 24.2 Å².